The molecular formula is C70H49N. The van der Waals surface area contributed by atoms with Crippen LogP contribution in [-0.4, -0.2) is 0 Å². The lowest BCUT2D eigenvalue weighted by Gasteiger charge is -2.32. The SMILES string of the molecule is CC1(C)c2ccccc2-c2ccc(-c3ccc(N(c4ccc5c(c4)-c4ccccc4C54c5ccccc5-c5ccccc54)c4cccc(-c5ccccc5)c4-c4ccccc4-c4ccccc4)cc3)cc21. The first-order chi connectivity index (χ1) is 35.0. The van der Waals surface area contributed by atoms with E-state index in [0.717, 1.165) is 17.1 Å². The lowest BCUT2D eigenvalue weighted by Crippen LogP contribution is -2.25. The summed E-state index contributed by atoms with van der Waals surface area (Å²) in [5, 5.41) is 0. The van der Waals surface area contributed by atoms with Gasteiger partial charge in [-0.2, -0.15) is 0 Å². The van der Waals surface area contributed by atoms with Crippen LogP contribution in [0.4, 0.5) is 17.1 Å². The van der Waals surface area contributed by atoms with Crippen molar-refractivity contribution in [1.82, 2.24) is 0 Å². The van der Waals surface area contributed by atoms with E-state index >= 15 is 0 Å². The molecule has 14 rings (SSSR count). The molecule has 1 nitrogen and oxygen atoms in total. The largest absolute Gasteiger partial charge is 0.310 e. The summed E-state index contributed by atoms with van der Waals surface area (Å²) in [4.78, 5) is 2.51. The van der Waals surface area contributed by atoms with Gasteiger partial charge in [0.25, 0.3) is 0 Å². The number of hydrogen-bond acceptors (Lipinski definition) is 1. The molecule has 71 heavy (non-hydrogen) atoms. The second kappa shape index (κ2) is 15.9. The maximum atomic E-state index is 2.51. The summed E-state index contributed by atoms with van der Waals surface area (Å²) in [5.41, 5.74) is 28.3. The molecule has 0 bridgehead atoms. The first kappa shape index (κ1) is 41.2. The second-order valence-corrected chi connectivity index (χ2v) is 19.9. The van der Waals surface area contributed by atoms with Crippen molar-refractivity contribution in [3.63, 3.8) is 0 Å². The van der Waals surface area contributed by atoms with Crippen molar-refractivity contribution in [2.45, 2.75) is 24.7 Å². The van der Waals surface area contributed by atoms with Crippen LogP contribution < -0.4 is 4.90 Å². The van der Waals surface area contributed by atoms with Crippen LogP contribution in [-0.2, 0) is 10.8 Å². The molecule has 0 N–H and O–H groups in total. The predicted octanol–water partition coefficient (Wildman–Crippen LogP) is 18.5. The average Bonchev–Trinajstić information content (AvgIpc) is 4.01. The van der Waals surface area contributed by atoms with Crippen molar-refractivity contribution < 1.29 is 0 Å². The zero-order valence-electron chi connectivity index (χ0n) is 39.8. The van der Waals surface area contributed by atoms with Gasteiger partial charge in [0.1, 0.15) is 0 Å². The molecule has 11 aromatic carbocycles. The van der Waals surface area contributed by atoms with Crippen LogP contribution in [0, 0.1) is 0 Å². The van der Waals surface area contributed by atoms with E-state index in [4.69, 9.17) is 0 Å². The van der Waals surface area contributed by atoms with Gasteiger partial charge >= 0.3 is 0 Å². The molecule has 1 spiro atoms. The highest BCUT2D eigenvalue weighted by Crippen LogP contribution is 2.63. The van der Waals surface area contributed by atoms with Gasteiger partial charge in [0.05, 0.1) is 11.1 Å². The van der Waals surface area contributed by atoms with Crippen LogP contribution in [0.3, 0.4) is 0 Å². The van der Waals surface area contributed by atoms with Crippen molar-refractivity contribution in [2.75, 3.05) is 4.90 Å². The summed E-state index contributed by atoms with van der Waals surface area (Å²) >= 11 is 0. The van der Waals surface area contributed by atoms with Gasteiger partial charge < -0.3 is 4.90 Å². The molecule has 3 aliphatic rings. The standard InChI is InChI=1S/C70H49N/c1-69(2)61-31-15-11-25-54(61)58-42-38-49(44-66(58)69)46-36-39-50(40-37-46)71(67-35-19-30-53(48-22-7-4-8-23-48)68(67)59-29-10-9-24-52(59)47-20-5-3-6-21-47)51-41-43-65-60(45-51)57-28-14-18-34-64(57)70(65)62-32-16-12-26-55(62)56-27-13-17-33-63(56)70/h3-45H,1-2H3. The Kier molecular flexibility index (Phi) is 9.22. The molecule has 0 saturated heterocycles. The molecule has 0 aliphatic heterocycles. The molecule has 0 radical (unpaired) electrons. The minimum atomic E-state index is -0.428. The van der Waals surface area contributed by atoms with Gasteiger partial charge in [0.15, 0.2) is 0 Å². The normalized spacial score (nSPS) is 13.7. The van der Waals surface area contributed by atoms with E-state index in [1.807, 2.05) is 0 Å². The molecule has 334 valence electrons. The molecule has 0 amide bonds. The lowest BCUT2D eigenvalue weighted by molar-refractivity contribution is 0.660. The molecule has 0 heterocycles. The van der Waals surface area contributed by atoms with Crippen LogP contribution in [0.25, 0.3) is 77.9 Å². The van der Waals surface area contributed by atoms with E-state index < -0.39 is 5.41 Å². The number of hydrogen-bond donors (Lipinski definition) is 0. The topological polar surface area (TPSA) is 3.24 Å². The van der Waals surface area contributed by atoms with Crippen molar-refractivity contribution >= 4 is 17.1 Å². The highest BCUT2D eigenvalue weighted by Gasteiger charge is 2.51. The van der Waals surface area contributed by atoms with Gasteiger partial charge in [-0.05, 0) is 142 Å². The van der Waals surface area contributed by atoms with E-state index in [0.29, 0.717) is 0 Å². The maximum Gasteiger partial charge on any atom is 0.0725 e. The third-order valence-corrected chi connectivity index (χ3v) is 15.9. The van der Waals surface area contributed by atoms with Crippen LogP contribution in [0.2, 0.25) is 0 Å². The summed E-state index contributed by atoms with van der Waals surface area (Å²) < 4.78 is 0. The van der Waals surface area contributed by atoms with Crippen molar-refractivity contribution in [3.05, 3.63) is 294 Å². The molecule has 11 aromatic rings. The van der Waals surface area contributed by atoms with Crippen LogP contribution in [0.15, 0.2) is 261 Å². The number of nitrogens with zero attached hydrogens (tertiary/aromatic N) is 1. The van der Waals surface area contributed by atoms with E-state index in [1.165, 1.54) is 111 Å². The second-order valence-electron chi connectivity index (χ2n) is 19.9. The van der Waals surface area contributed by atoms with Crippen molar-refractivity contribution in [2.24, 2.45) is 0 Å². The third-order valence-electron chi connectivity index (χ3n) is 15.9. The summed E-state index contributed by atoms with van der Waals surface area (Å²) in [5.74, 6) is 0. The smallest absolute Gasteiger partial charge is 0.0725 e. The number of fused-ring (bicyclic) bond motifs is 13. The zero-order chi connectivity index (χ0) is 47.3. The van der Waals surface area contributed by atoms with E-state index in [2.05, 4.69) is 280 Å². The Morgan fingerprint density at radius 3 is 1.31 bits per heavy atom. The third kappa shape index (κ3) is 6.06. The first-order valence-electron chi connectivity index (χ1n) is 24.9. The van der Waals surface area contributed by atoms with Gasteiger partial charge in [-0.1, -0.05) is 238 Å². The number of rotatable bonds is 7. The zero-order valence-corrected chi connectivity index (χ0v) is 39.8. The average molecular weight is 904 g/mol. The van der Waals surface area contributed by atoms with Crippen LogP contribution >= 0.6 is 0 Å². The molecule has 1 heteroatoms. The summed E-state index contributed by atoms with van der Waals surface area (Å²) in [6.45, 7) is 4.72. The van der Waals surface area contributed by atoms with E-state index in [9.17, 15) is 0 Å². The number of anilines is 3. The van der Waals surface area contributed by atoms with Gasteiger partial charge in [0.2, 0.25) is 0 Å². The summed E-state index contributed by atoms with van der Waals surface area (Å²) in [7, 11) is 0. The number of benzene rings is 11. The predicted molar refractivity (Wildman–Crippen MR) is 297 cm³/mol. The fourth-order valence-electron chi connectivity index (χ4n) is 12.8. The quantitative estimate of drug-likeness (QED) is 0.154. The van der Waals surface area contributed by atoms with Gasteiger partial charge in [-0.15, -0.1) is 0 Å². The Labute approximate surface area is 416 Å². The Balaban J connectivity index is 1.00. The molecule has 0 saturated carbocycles. The minimum absolute atomic E-state index is 0.0810. The lowest BCUT2D eigenvalue weighted by atomic mass is 9.70. The monoisotopic (exact) mass is 903 g/mol. The molecule has 0 unspecified atom stereocenters. The Morgan fingerprint density at radius 2 is 0.690 bits per heavy atom. The molecule has 3 aliphatic carbocycles. The van der Waals surface area contributed by atoms with Gasteiger partial charge in [0, 0.05) is 22.4 Å². The molecule has 0 atom stereocenters. The van der Waals surface area contributed by atoms with Crippen molar-refractivity contribution in [3.8, 4) is 77.9 Å². The van der Waals surface area contributed by atoms with Gasteiger partial charge in [-0.25, -0.2) is 0 Å². The van der Waals surface area contributed by atoms with Crippen molar-refractivity contribution in [1.29, 1.82) is 0 Å². The van der Waals surface area contributed by atoms with Crippen LogP contribution in [0.5, 0.6) is 0 Å². The Bertz CT molecular complexity index is 3850. The van der Waals surface area contributed by atoms with Crippen LogP contribution in [0.1, 0.15) is 47.2 Å². The Hall–Kier alpha value is -8.78. The minimum Gasteiger partial charge on any atom is -0.310 e. The summed E-state index contributed by atoms with van der Waals surface area (Å²) in [6, 6.07) is 97.3. The summed E-state index contributed by atoms with van der Waals surface area (Å²) in [6.07, 6.45) is 0. The molecular weight excluding hydrogens is 855 g/mol. The first-order valence-corrected chi connectivity index (χ1v) is 24.9. The van der Waals surface area contributed by atoms with E-state index in [-0.39, 0.29) is 5.41 Å². The fourth-order valence-corrected chi connectivity index (χ4v) is 12.8. The maximum absolute atomic E-state index is 2.51. The molecule has 0 fully saturated rings. The fraction of sp³-hybridized carbons (Fsp3) is 0.0571. The molecule has 0 aromatic heterocycles. The highest BCUT2D eigenvalue weighted by molar-refractivity contribution is 6.02. The van der Waals surface area contributed by atoms with Gasteiger partial charge in [-0.3, -0.25) is 0 Å². The Morgan fingerprint density at radius 1 is 0.254 bits per heavy atom. The van der Waals surface area contributed by atoms with E-state index in [1.54, 1.807) is 0 Å². The highest BCUT2D eigenvalue weighted by atomic mass is 15.1.